The fourth-order valence-corrected chi connectivity index (χ4v) is 1.41. The molecule has 0 spiro atoms. The molecular formula is C7H10O8P-3. The number of aliphatic carboxylic acids is 1. The maximum Gasteiger partial charge on any atom is 0.333 e. The fourth-order valence-electron chi connectivity index (χ4n) is 0.906. The number of unbranched alkanes of at least 4 members (excludes halogenated alkanes) is 1. The summed E-state index contributed by atoms with van der Waals surface area (Å²) in [6, 6.07) is 0. The van der Waals surface area contributed by atoms with Crippen LogP contribution in [0.25, 0.3) is 0 Å². The standard InChI is InChI=1S/C7H13O8P/c8-6(9)4-2-1-3-5(7(10)11)15-16(12,13)14/h4-5,8-9H,1-3H2,(H,10,11)(H2,12,13,14)/p-3. The van der Waals surface area contributed by atoms with Crippen LogP contribution < -0.4 is 14.9 Å². The molecule has 0 aliphatic rings. The monoisotopic (exact) mass is 253 g/mol. The minimum absolute atomic E-state index is 0.0600. The van der Waals surface area contributed by atoms with E-state index in [1.807, 2.05) is 0 Å². The maximum atomic E-state index is 10.5. The smallest absolute Gasteiger partial charge is 0.333 e. The molecule has 9 heteroatoms. The first-order valence-electron chi connectivity index (χ1n) is 4.22. The van der Waals surface area contributed by atoms with Gasteiger partial charge in [0, 0.05) is 5.95 Å². The molecule has 8 nitrogen and oxygen atoms in total. The molecule has 0 amide bonds. The summed E-state index contributed by atoms with van der Waals surface area (Å²) in [6.07, 6.45) is -0.975. The predicted molar refractivity (Wildman–Crippen MR) is 44.7 cm³/mol. The summed E-state index contributed by atoms with van der Waals surface area (Å²) < 4.78 is 14.0. The topological polar surface area (TPSA) is 153 Å². The van der Waals surface area contributed by atoms with E-state index in [0.717, 1.165) is 6.08 Å². The van der Waals surface area contributed by atoms with Crippen molar-refractivity contribution in [2.24, 2.45) is 0 Å². The number of allylic oxidation sites excluding steroid dienone is 1. The molecule has 0 aliphatic carbocycles. The van der Waals surface area contributed by atoms with Crippen LogP contribution in [0.3, 0.4) is 0 Å². The Bertz CT molecular complexity index is 302. The molecule has 0 aromatic rings. The highest BCUT2D eigenvalue weighted by atomic mass is 31.2. The highest BCUT2D eigenvalue weighted by molar-refractivity contribution is 7.43. The van der Waals surface area contributed by atoms with Crippen molar-refractivity contribution in [3.05, 3.63) is 12.0 Å². The summed E-state index contributed by atoms with van der Waals surface area (Å²) in [5, 5.41) is 26.8. The number of carbonyl (C=O) groups is 1. The third kappa shape index (κ3) is 8.25. The van der Waals surface area contributed by atoms with Gasteiger partial charge in [0.2, 0.25) is 0 Å². The molecule has 0 fully saturated rings. The van der Waals surface area contributed by atoms with Gasteiger partial charge in [0.15, 0.2) is 6.10 Å². The van der Waals surface area contributed by atoms with Gasteiger partial charge in [-0.2, -0.15) is 0 Å². The van der Waals surface area contributed by atoms with Crippen molar-refractivity contribution in [1.29, 1.82) is 0 Å². The van der Waals surface area contributed by atoms with Crippen molar-refractivity contribution >= 4 is 13.8 Å². The molecule has 16 heavy (non-hydrogen) atoms. The number of hydrogen-bond donors (Lipinski definition) is 2. The van der Waals surface area contributed by atoms with Crippen LogP contribution in [-0.2, 0) is 13.9 Å². The predicted octanol–water partition coefficient (Wildman–Crippen LogP) is -1.79. The zero-order chi connectivity index (χ0) is 12.8. The third-order valence-corrected chi connectivity index (χ3v) is 2.03. The molecule has 0 bridgehead atoms. The summed E-state index contributed by atoms with van der Waals surface area (Å²) in [6.45, 7) is 0. The highest BCUT2D eigenvalue weighted by Gasteiger charge is 2.18. The van der Waals surface area contributed by atoms with Crippen molar-refractivity contribution in [1.82, 2.24) is 0 Å². The molecule has 0 aromatic carbocycles. The number of phosphoric ester groups is 1. The maximum absolute atomic E-state index is 10.5. The summed E-state index contributed by atoms with van der Waals surface area (Å²) in [7, 11) is -5.35. The van der Waals surface area contributed by atoms with E-state index in [1.165, 1.54) is 0 Å². The summed E-state index contributed by atoms with van der Waals surface area (Å²) >= 11 is 0. The highest BCUT2D eigenvalue weighted by Crippen LogP contribution is 2.29. The van der Waals surface area contributed by atoms with E-state index < -0.39 is 25.8 Å². The average Bonchev–Trinajstić information content (AvgIpc) is 2.07. The van der Waals surface area contributed by atoms with Crippen LogP contribution in [0.2, 0.25) is 0 Å². The number of carboxylic acids is 1. The van der Waals surface area contributed by atoms with Gasteiger partial charge in [0.25, 0.3) is 0 Å². The lowest BCUT2D eigenvalue weighted by Crippen LogP contribution is -2.28. The van der Waals surface area contributed by atoms with Gasteiger partial charge in [-0.1, -0.05) is 6.08 Å². The second kappa shape index (κ2) is 6.49. The minimum atomic E-state index is -5.35. The van der Waals surface area contributed by atoms with E-state index in [-0.39, 0.29) is 19.3 Å². The van der Waals surface area contributed by atoms with Crippen LogP contribution in [-0.4, -0.2) is 22.3 Å². The molecule has 0 saturated heterocycles. The molecule has 0 heterocycles. The van der Waals surface area contributed by atoms with Crippen LogP contribution in [0.1, 0.15) is 19.3 Å². The van der Waals surface area contributed by atoms with Crippen LogP contribution in [0.5, 0.6) is 0 Å². The fraction of sp³-hybridized carbons (Fsp3) is 0.571. The third-order valence-electron chi connectivity index (χ3n) is 1.52. The molecular weight excluding hydrogens is 243 g/mol. The van der Waals surface area contributed by atoms with Crippen molar-refractivity contribution in [2.45, 2.75) is 25.4 Å². The van der Waals surface area contributed by atoms with E-state index in [0.29, 0.717) is 0 Å². The number of aliphatic hydroxyl groups excluding tert-OH is 1. The van der Waals surface area contributed by atoms with Gasteiger partial charge in [0.05, 0.1) is 7.82 Å². The Labute approximate surface area is 91.0 Å². The summed E-state index contributed by atoms with van der Waals surface area (Å²) in [5.41, 5.74) is 0. The summed E-state index contributed by atoms with van der Waals surface area (Å²) in [4.78, 5) is 30.8. The molecule has 0 radical (unpaired) electrons. The van der Waals surface area contributed by atoms with Crippen molar-refractivity contribution in [3.63, 3.8) is 0 Å². The van der Waals surface area contributed by atoms with Gasteiger partial charge in [-0.3, -0.25) is 0 Å². The van der Waals surface area contributed by atoms with Crippen molar-refractivity contribution < 1.29 is 39.0 Å². The quantitative estimate of drug-likeness (QED) is 0.306. The molecule has 1 unspecified atom stereocenters. The lowest BCUT2D eigenvalue weighted by molar-refractivity contribution is -0.349. The van der Waals surface area contributed by atoms with Gasteiger partial charge in [-0.05, 0) is 19.3 Å². The van der Waals surface area contributed by atoms with Crippen molar-refractivity contribution in [2.75, 3.05) is 0 Å². The number of rotatable bonds is 7. The second-order valence-corrected chi connectivity index (χ2v) is 3.96. The van der Waals surface area contributed by atoms with Crippen LogP contribution >= 0.6 is 7.82 Å². The summed E-state index contributed by atoms with van der Waals surface area (Å²) in [5.74, 6) is -2.74. The number of aliphatic hydroxyl groups is 1. The molecule has 0 aromatic heterocycles. The SMILES string of the molecule is O=C(O)C(CCC/C=C(\[O-])O)OP(=O)([O-])[O-]. The Balaban J connectivity index is 4.11. The van der Waals surface area contributed by atoms with Gasteiger partial charge in [-0.15, -0.1) is 0 Å². The second-order valence-electron chi connectivity index (χ2n) is 2.85. The van der Waals surface area contributed by atoms with E-state index in [4.69, 9.17) is 10.2 Å². The Hall–Kier alpha value is -1.08. The largest absolute Gasteiger partial charge is 0.790 e. The van der Waals surface area contributed by atoms with E-state index in [2.05, 4.69) is 4.52 Å². The molecule has 0 rings (SSSR count). The molecule has 94 valence electrons. The Morgan fingerprint density at radius 2 is 2.00 bits per heavy atom. The number of carboxylic acid groups (broad SMARTS) is 1. The lowest BCUT2D eigenvalue weighted by Gasteiger charge is -2.31. The van der Waals surface area contributed by atoms with E-state index >= 15 is 0 Å². The first kappa shape index (κ1) is 14.9. The van der Waals surface area contributed by atoms with Crippen LogP contribution in [0.4, 0.5) is 0 Å². The molecule has 2 N–H and O–H groups in total. The molecule has 0 aliphatic heterocycles. The molecule has 1 atom stereocenters. The van der Waals surface area contributed by atoms with E-state index in [9.17, 15) is 24.3 Å². The zero-order valence-corrected chi connectivity index (χ0v) is 8.96. The van der Waals surface area contributed by atoms with Gasteiger partial charge in [-0.25, -0.2) is 4.79 Å². The molecule has 0 saturated carbocycles. The lowest BCUT2D eigenvalue weighted by atomic mass is 10.1. The average molecular weight is 253 g/mol. The normalized spacial score (nSPS) is 14.8. The first-order chi connectivity index (χ1) is 7.22. The Morgan fingerprint density at radius 1 is 1.44 bits per heavy atom. The van der Waals surface area contributed by atoms with Crippen LogP contribution in [0, 0.1) is 0 Å². The minimum Gasteiger partial charge on any atom is -0.790 e. The van der Waals surface area contributed by atoms with Gasteiger partial charge >= 0.3 is 5.97 Å². The van der Waals surface area contributed by atoms with Gasteiger partial charge in [0.1, 0.15) is 0 Å². The van der Waals surface area contributed by atoms with Gasteiger partial charge < -0.3 is 34.2 Å². The van der Waals surface area contributed by atoms with Crippen molar-refractivity contribution in [3.8, 4) is 0 Å². The zero-order valence-electron chi connectivity index (χ0n) is 8.07. The Kier molecular flexibility index (Phi) is 6.05. The first-order valence-corrected chi connectivity index (χ1v) is 5.68. The number of phosphoric acid groups is 1. The number of hydrogen-bond acceptors (Lipinski definition) is 7. The van der Waals surface area contributed by atoms with E-state index in [1.54, 1.807) is 0 Å². The van der Waals surface area contributed by atoms with Crippen LogP contribution in [0.15, 0.2) is 12.0 Å². The Morgan fingerprint density at radius 3 is 2.38 bits per heavy atom.